The van der Waals surface area contributed by atoms with Crippen molar-refractivity contribution >= 4 is 23.5 Å². The second-order valence-electron chi connectivity index (χ2n) is 6.69. The van der Waals surface area contributed by atoms with Gasteiger partial charge in [-0.1, -0.05) is 12.1 Å². The van der Waals surface area contributed by atoms with E-state index < -0.39 is 23.7 Å². The van der Waals surface area contributed by atoms with Crippen molar-refractivity contribution in [3.63, 3.8) is 0 Å². The fourth-order valence-corrected chi connectivity index (χ4v) is 3.65. The first kappa shape index (κ1) is 17.4. The van der Waals surface area contributed by atoms with E-state index in [-0.39, 0.29) is 23.4 Å². The van der Waals surface area contributed by atoms with Crippen LogP contribution in [-0.2, 0) is 14.4 Å². The second-order valence-corrected chi connectivity index (χ2v) is 6.69. The van der Waals surface area contributed by atoms with Gasteiger partial charge in [-0.25, -0.2) is 4.39 Å². The van der Waals surface area contributed by atoms with Crippen molar-refractivity contribution in [3.05, 3.63) is 30.1 Å². The molecule has 1 aromatic carbocycles. The van der Waals surface area contributed by atoms with Gasteiger partial charge in [0.05, 0.1) is 11.6 Å². The molecule has 3 atom stereocenters. The molecule has 0 bridgehead atoms. The number of para-hydroxylation sites is 1. The summed E-state index contributed by atoms with van der Waals surface area (Å²) in [7, 11) is 0. The molecule has 2 fully saturated rings. The Balaban J connectivity index is 1.65. The highest BCUT2D eigenvalue weighted by Gasteiger charge is 2.37. The minimum atomic E-state index is -0.880. The van der Waals surface area contributed by atoms with Crippen LogP contribution in [0.3, 0.4) is 0 Å². The topological polar surface area (TPSA) is 86.7 Å². The van der Waals surface area contributed by atoms with Crippen molar-refractivity contribution < 1.29 is 23.9 Å². The number of aliphatic carboxylic acids is 1. The number of carbonyl (C=O) groups is 3. The predicted molar refractivity (Wildman–Crippen MR) is 88.4 cm³/mol. The Morgan fingerprint density at radius 1 is 1.16 bits per heavy atom. The van der Waals surface area contributed by atoms with Crippen molar-refractivity contribution in [1.82, 2.24) is 5.32 Å². The number of halogens is 1. The first-order valence-electron chi connectivity index (χ1n) is 8.56. The lowest BCUT2D eigenvalue weighted by Gasteiger charge is -2.33. The molecule has 1 aliphatic carbocycles. The molecule has 2 aliphatic rings. The lowest BCUT2D eigenvalue weighted by molar-refractivity contribution is -0.141. The molecule has 6 nitrogen and oxygen atoms in total. The number of rotatable bonds is 4. The van der Waals surface area contributed by atoms with Gasteiger partial charge in [-0.3, -0.25) is 14.4 Å². The summed E-state index contributed by atoms with van der Waals surface area (Å²) >= 11 is 0. The lowest BCUT2D eigenvalue weighted by atomic mass is 10.0. The van der Waals surface area contributed by atoms with Crippen LogP contribution in [0.4, 0.5) is 10.1 Å². The van der Waals surface area contributed by atoms with Gasteiger partial charge in [-0.15, -0.1) is 0 Å². The fourth-order valence-electron chi connectivity index (χ4n) is 3.65. The molecule has 25 heavy (non-hydrogen) atoms. The quantitative estimate of drug-likeness (QED) is 0.871. The molecule has 1 saturated carbocycles. The van der Waals surface area contributed by atoms with E-state index in [1.165, 1.54) is 11.0 Å². The maximum atomic E-state index is 14.0. The van der Waals surface area contributed by atoms with Crippen LogP contribution in [0.1, 0.15) is 32.1 Å². The summed E-state index contributed by atoms with van der Waals surface area (Å²) in [5.41, 5.74) is 0.221. The summed E-state index contributed by atoms with van der Waals surface area (Å²) in [4.78, 5) is 37.4. The van der Waals surface area contributed by atoms with E-state index in [0.717, 1.165) is 0 Å². The average molecular weight is 348 g/mol. The highest BCUT2D eigenvalue weighted by atomic mass is 19.1. The average Bonchev–Trinajstić information content (AvgIpc) is 3.08. The summed E-state index contributed by atoms with van der Waals surface area (Å²) in [6.07, 6.45) is 2.46. The van der Waals surface area contributed by atoms with Crippen molar-refractivity contribution in [2.45, 2.75) is 38.1 Å². The second kappa shape index (κ2) is 7.21. The van der Waals surface area contributed by atoms with E-state index >= 15 is 0 Å². The van der Waals surface area contributed by atoms with Gasteiger partial charge in [0, 0.05) is 12.5 Å². The fraction of sp³-hybridized carbons (Fsp3) is 0.500. The van der Waals surface area contributed by atoms with E-state index in [9.17, 15) is 18.8 Å². The number of benzene rings is 1. The molecular formula is C18H21FN2O4. The van der Waals surface area contributed by atoms with Gasteiger partial charge in [-0.05, 0) is 44.2 Å². The standard InChI is InChI=1S/C18H21FN2O4/c19-13-4-1-2-6-15(13)21-9-3-5-14(17(21)23)20-16(22)11-7-8-12(10-11)18(24)25/h1-2,4,6,11-12,14H,3,5,7-10H2,(H,20,22)(H,24,25)/t11-,12+,14?/m0/s1. The minimum absolute atomic E-state index is 0.221. The van der Waals surface area contributed by atoms with Crippen LogP contribution in [0.5, 0.6) is 0 Å². The number of hydrogen-bond acceptors (Lipinski definition) is 3. The number of carboxylic acids is 1. The normalized spacial score (nSPS) is 26.5. The molecule has 134 valence electrons. The Morgan fingerprint density at radius 2 is 1.88 bits per heavy atom. The largest absolute Gasteiger partial charge is 0.481 e. The number of amides is 2. The number of anilines is 1. The summed E-state index contributed by atoms with van der Waals surface area (Å²) in [6.45, 7) is 0.413. The SMILES string of the molecule is O=C(O)[C@@H]1CC[C@H](C(=O)NC2CCCN(c3ccccc3F)C2=O)C1. The zero-order valence-corrected chi connectivity index (χ0v) is 13.8. The Kier molecular flexibility index (Phi) is 5.01. The zero-order valence-electron chi connectivity index (χ0n) is 13.8. The smallest absolute Gasteiger partial charge is 0.306 e. The molecule has 1 unspecified atom stereocenters. The minimum Gasteiger partial charge on any atom is -0.481 e. The molecule has 0 radical (unpaired) electrons. The molecule has 1 aliphatic heterocycles. The van der Waals surface area contributed by atoms with Gasteiger partial charge in [0.25, 0.3) is 0 Å². The van der Waals surface area contributed by atoms with Crippen LogP contribution in [0.15, 0.2) is 24.3 Å². The number of piperidine rings is 1. The van der Waals surface area contributed by atoms with Crippen LogP contribution < -0.4 is 10.2 Å². The lowest BCUT2D eigenvalue weighted by Crippen LogP contribution is -2.53. The first-order valence-corrected chi connectivity index (χ1v) is 8.56. The third-order valence-corrected chi connectivity index (χ3v) is 5.05. The molecule has 0 aromatic heterocycles. The van der Waals surface area contributed by atoms with Crippen LogP contribution in [0.2, 0.25) is 0 Å². The van der Waals surface area contributed by atoms with Gasteiger partial charge in [-0.2, -0.15) is 0 Å². The molecule has 1 heterocycles. The van der Waals surface area contributed by atoms with Crippen molar-refractivity contribution in [1.29, 1.82) is 0 Å². The maximum Gasteiger partial charge on any atom is 0.306 e. The summed E-state index contributed by atoms with van der Waals surface area (Å²) in [5, 5.41) is 11.8. The number of carbonyl (C=O) groups excluding carboxylic acids is 2. The molecule has 0 spiro atoms. The molecule has 7 heteroatoms. The Bertz CT molecular complexity index is 693. The van der Waals surface area contributed by atoms with Gasteiger partial charge in [0.2, 0.25) is 11.8 Å². The van der Waals surface area contributed by atoms with E-state index in [1.807, 2.05) is 0 Å². The summed E-state index contributed by atoms with van der Waals surface area (Å²) in [5.74, 6) is -2.82. The van der Waals surface area contributed by atoms with E-state index in [4.69, 9.17) is 5.11 Å². The van der Waals surface area contributed by atoms with Crippen molar-refractivity contribution in [2.24, 2.45) is 11.8 Å². The van der Waals surface area contributed by atoms with Gasteiger partial charge in [0.1, 0.15) is 11.9 Å². The van der Waals surface area contributed by atoms with Crippen molar-refractivity contribution in [2.75, 3.05) is 11.4 Å². The van der Waals surface area contributed by atoms with Crippen molar-refractivity contribution in [3.8, 4) is 0 Å². The number of nitrogens with zero attached hydrogens (tertiary/aromatic N) is 1. The third kappa shape index (κ3) is 3.65. The Hall–Kier alpha value is -2.44. The first-order chi connectivity index (χ1) is 12.0. The number of carboxylic acid groups (broad SMARTS) is 1. The molecule has 3 rings (SSSR count). The van der Waals surface area contributed by atoms with Gasteiger partial charge >= 0.3 is 5.97 Å². The monoisotopic (exact) mass is 348 g/mol. The Labute approximate surface area is 145 Å². The van der Waals surface area contributed by atoms with Crippen LogP contribution >= 0.6 is 0 Å². The van der Waals surface area contributed by atoms with Gasteiger partial charge < -0.3 is 15.3 Å². The summed E-state index contributed by atoms with van der Waals surface area (Å²) in [6, 6.07) is 5.38. The van der Waals surface area contributed by atoms with E-state index in [2.05, 4.69) is 5.32 Å². The van der Waals surface area contributed by atoms with E-state index in [1.54, 1.807) is 18.2 Å². The molecule has 1 aromatic rings. The van der Waals surface area contributed by atoms with Crippen LogP contribution in [-0.4, -0.2) is 35.5 Å². The van der Waals surface area contributed by atoms with Crippen LogP contribution in [0, 0.1) is 17.7 Å². The molecule has 2 amide bonds. The zero-order chi connectivity index (χ0) is 18.0. The van der Waals surface area contributed by atoms with E-state index in [0.29, 0.717) is 38.6 Å². The Morgan fingerprint density at radius 3 is 2.56 bits per heavy atom. The highest BCUT2D eigenvalue weighted by molar-refractivity contribution is 6.00. The highest BCUT2D eigenvalue weighted by Crippen LogP contribution is 2.31. The number of nitrogens with one attached hydrogen (secondary N) is 1. The predicted octanol–water partition coefficient (Wildman–Crippen LogP) is 1.94. The molecule has 1 saturated heterocycles. The van der Waals surface area contributed by atoms with Crippen LogP contribution in [0.25, 0.3) is 0 Å². The number of hydrogen-bond donors (Lipinski definition) is 2. The molecule has 2 N–H and O–H groups in total. The molecular weight excluding hydrogens is 327 g/mol. The maximum absolute atomic E-state index is 14.0. The third-order valence-electron chi connectivity index (χ3n) is 5.05. The summed E-state index contributed by atoms with van der Waals surface area (Å²) < 4.78 is 14.0. The van der Waals surface area contributed by atoms with Gasteiger partial charge in [0.15, 0.2) is 0 Å².